The Morgan fingerprint density at radius 3 is 2.81 bits per heavy atom. The largest absolute Gasteiger partial charge is 0.504 e. The lowest BCUT2D eigenvalue weighted by Crippen LogP contribution is -2.46. The maximum atomic E-state index is 10.1. The van der Waals surface area contributed by atoms with Gasteiger partial charge in [-0.1, -0.05) is 19.4 Å². The number of hydrogen-bond donors (Lipinski definition) is 2. The Bertz CT molecular complexity index is 492. The number of hydrogen-bond acceptors (Lipinski definition) is 3. The fourth-order valence-corrected chi connectivity index (χ4v) is 4.05. The Labute approximate surface area is 137 Å². The van der Waals surface area contributed by atoms with Gasteiger partial charge in [0.1, 0.15) is 0 Å². The molecule has 1 aliphatic carbocycles. The van der Waals surface area contributed by atoms with Crippen LogP contribution < -0.4 is 0 Å². The van der Waals surface area contributed by atoms with Crippen molar-refractivity contribution < 1.29 is 10.2 Å². The van der Waals surface area contributed by atoms with Crippen LogP contribution in [0.1, 0.15) is 56.1 Å². The number of unbranched alkanes of at least 4 members (excludes halogenated alkanes) is 1. The summed E-state index contributed by atoms with van der Waals surface area (Å²) in [5, 5.41) is 19.8. The second-order valence-corrected chi connectivity index (χ2v) is 6.25. The third-order valence-corrected chi connectivity index (χ3v) is 5.08. The Kier molecular flexibility index (Phi) is 5.55. The van der Waals surface area contributed by atoms with Gasteiger partial charge in [0, 0.05) is 11.6 Å². The monoisotopic (exact) mass is 355 g/mol. The zero-order valence-electron chi connectivity index (χ0n) is 12.7. The molecule has 2 atom stereocenters. The first-order valence-electron chi connectivity index (χ1n) is 8.00. The molecule has 0 aromatic heterocycles. The number of benzene rings is 1. The topological polar surface area (TPSA) is 43.7 Å². The van der Waals surface area contributed by atoms with Gasteiger partial charge in [-0.3, -0.25) is 4.90 Å². The van der Waals surface area contributed by atoms with E-state index in [1.165, 1.54) is 44.3 Å². The first-order valence-corrected chi connectivity index (χ1v) is 8.00. The van der Waals surface area contributed by atoms with Gasteiger partial charge >= 0.3 is 0 Å². The molecule has 3 rings (SSSR count). The molecular weight excluding hydrogens is 330 g/mol. The molecule has 21 heavy (non-hydrogen) atoms. The molecule has 1 saturated heterocycles. The summed E-state index contributed by atoms with van der Waals surface area (Å²) in [6.45, 7) is 4.68. The molecule has 0 bridgehead atoms. The van der Waals surface area contributed by atoms with E-state index >= 15 is 0 Å². The molecule has 1 aromatic rings. The van der Waals surface area contributed by atoms with Crippen LogP contribution in [0.2, 0.25) is 0 Å². The molecule has 0 amide bonds. The van der Waals surface area contributed by atoms with Gasteiger partial charge in [-0.15, -0.1) is 17.0 Å². The summed E-state index contributed by atoms with van der Waals surface area (Å²) in [5.74, 6) is 0.684. The fraction of sp³-hybridized carbons (Fsp3) is 0.647. The van der Waals surface area contributed by atoms with Gasteiger partial charge in [0.2, 0.25) is 0 Å². The predicted octanol–water partition coefficient (Wildman–Crippen LogP) is 3.97. The fourth-order valence-electron chi connectivity index (χ4n) is 4.05. The highest BCUT2D eigenvalue weighted by Gasteiger charge is 2.37. The normalized spacial score (nSPS) is 24.8. The smallest absolute Gasteiger partial charge is 0.160 e. The predicted molar refractivity (Wildman–Crippen MR) is 90.7 cm³/mol. The second kappa shape index (κ2) is 7.01. The highest BCUT2D eigenvalue weighted by Crippen LogP contribution is 2.45. The van der Waals surface area contributed by atoms with Crippen molar-refractivity contribution in [2.45, 2.75) is 57.4 Å². The number of aromatic hydroxyl groups is 2. The van der Waals surface area contributed by atoms with Crippen molar-refractivity contribution in [1.82, 2.24) is 4.90 Å². The number of phenols is 2. The number of halogens is 1. The molecule has 2 aliphatic rings. The van der Waals surface area contributed by atoms with E-state index in [4.69, 9.17) is 0 Å². The number of phenolic OH excluding ortho intramolecular Hbond substituents is 2. The van der Waals surface area contributed by atoms with Crippen LogP contribution in [0.25, 0.3) is 0 Å². The van der Waals surface area contributed by atoms with Crippen molar-refractivity contribution >= 4 is 17.0 Å². The molecule has 0 spiro atoms. The zero-order chi connectivity index (χ0) is 14.1. The standard InChI is InChI=1S/C17H25NO2.BrH/c1-2-3-10-18-11-4-5-13-12-7-9-16(19)17(20)14(12)6-8-15(13)18;/h7,9,13,15,19-20H,2-6,8,10-11H2,1H3;1H/t13-,15+;/m0./s1. The van der Waals surface area contributed by atoms with Crippen LogP contribution in [0.5, 0.6) is 11.5 Å². The van der Waals surface area contributed by atoms with E-state index in [0.717, 1.165) is 18.4 Å². The summed E-state index contributed by atoms with van der Waals surface area (Å²) in [5.41, 5.74) is 2.27. The maximum absolute atomic E-state index is 10.1. The van der Waals surface area contributed by atoms with Crippen LogP contribution in [0.4, 0.5) is 0 Å². The van der Waals surface area contributed by atoms with Gasteiger partial charge in [0.15, 0.2) is 11.5 Å². The Hall–Kier alpha value is -0.740. The van der Waals surface area contributed by atoms with Gasteiger partial charge in [0.05, 0.1) is 0 Å². The third-order valence-electron chi connectivity index (χ3n) is 5.08. The quantitative estimate of drug-likeness (QED) is 0.806. The van der Waals surface area contributed by atoms with Crippen molar-refractivity contribution in [3.63, 3.8) is 0 Å². The second-order valence-electron chi connectivity index (χ2n) is 6.25. The van der Waals surface area contributed by atoms with Crippen LogP contribution in [0, 0.1) is 0 Å². The average molecular weight is 356 g/mol. The first-order chi connectivity index (χ1) is 9.72. The molecule has 4 heteroatoms. The molecule has 1 aromatic carbocycles. The minimum atomic E-state index is 0. The van der Waals surface area contributed by atoms with Crippen molar-refractivity contribution in [3.8, 4) is 11.5 Å². The molecule has 0 unspecified atom stereocenters. The van der Waals surface area contributed by atoms with Crippen LogP contribution in [0.3, 0.4) is 0 Å². The lowest BCUT2D eigenvalue weighted by atomic mass is 9.74. The highest BCUT2D eigenvalue weighted by atomic mass is 79.9. The number of nitrogens with zero attached hydrogens (tertiary/aromatic N) is 1. The maximum Gasteiger partial charge on any atom is 0.160 e. The van der Waals surface area contributed by atoms with Crippen LogP contribution in [0.15, 0.2) is 12.1 Å². The van der Waals surface area contributed by atoms with Gasteiger partial charge in [0.25, 0.3) is 0 Å². The van der Waals surface area contributed by atoms with E-state index < -0.39 is 0 Å². The molecule has 1 fully saturated rings. The van der Waals surface area contributed by atoms with Crippen LogP contribution in [-0.4, -0.2) is 34.2 Å². The summed E-state index contributed by atoms with van der Waals surface area (Å²) >= 11 is 0. The minimum Gasteiger partial charge on any atom is -0.504 e. The van der Waals surface area contributed by atoms with Gasteiger partial charge in [-0.25, -0.2) is 0 Å². The summed E-state index contributed by atoms with van der Waals surface area (Å²) in [6, 6.07) is 4.32. The van der Waals surface area contributed by atoms with Gasteiger partial charge < -0.3 is 10.2 Å². The molecule has 0 radical (unpaired) electrons. The summed E-state index contributed by atoms with van der Waals surface area (Å²) in [4.78, 5) is 2.66. The lowest BCUT2D eigenvalue weighted by molar-refractivity contribution is 0.110. The Balaban J connectivity index is 0.00000161. The summed E-state index contributed by atoms with van der Waals surface area (Å²) in [7, 11) is 0. The number of piperidine rings is 1. The van der Waals surface area contributed by atoms with Crippen molar-refractivity contribution in [2.24, 2.45) is 0 Å². The number of fused-ring (bicyclic) bond motifs is 3. The third kappa shape index (κ3) is 3.07. The molecule has 2 N–H and O–H groups in total. The van der Waals surface area contributed by atoms with E-state index in [2.05, 4.69) is 11.8 Å². The van der Waals surface area contributed by atoms with E-state index in [-0.39, 0.29) is 28.5 Å². The lowest BCUT2D eigenvalue weighted by Gasteiger charge is -2.45. The molecular formula is C17H26BrNO2. The number of rotatable bonds is 3. The molecule has 1 aliphatic heterocycles. The molecule has 3 nitrogen and oxygen atoms in total. The molecule has 1 heterocycles. The summed E-state index contributed by atoms with van der Waals surface area (Å²) in [6.07, 6.45) is 6.98. The van der Waals surface area contributed by atoms with E-state index in [1.54, 1.807) is 6.07 Å². The highest BCUT2D eigenvalue weighted by molar-refractivity contribution is 8.93. The van der Waals surface area contributed by atoms with Crippen molar-refractivity contribution in [3.05, 3.63) is 23.3 Å². The van der Waals surface area contributed by atoms with E-state index in [9.17, 15) is 10.2 Å². The minimum absolute atomic E-state index is 0. The Morgan fingerprint density at radius 1 is 1.24 bits per heavy atom. The zero-order valence-corrected chi connectivity index (χ0v) is 14.4. The SMILES string of the molecule is Br.CCCCN1CCC[C@H]2c3ccc(O)c(O)c3CC[C@H]21. The van der Waals surface area contributed by atoms with E-state index in [0.29, 0.717) is 12.0 Å². The van der Waals surface area contributed by atoms with Crippen LogP contribution in [-0.2, 0) is 6.42 Å². The summed E-state index contributed by atoms with van der Waals surface area (Å²) < 4.78 is 0. The first kappa shape index (κ1) is 16.6. The Morgan fingerprint density at radius 2 is 2.05 bits per heavy atom. The number of likely N-dealkylation sites (tertiary alicyclic amines) is 1. The van der Waals surface area contributed by atoms with Crippen molar-refractivity contribution in [2.75, 3.05) is 13.1 Å². The van der Waals surface area contributed by atoms with Gasteiger partial charge in [-0.2, -0.15) is 0 Å². The molecule has 118 valence electrons. The average Bonchev–Trinajstić information content (AvgIpc) is 2.48. The molecule has 0 saturated carbocycles. The van der Waals surface area contributed by atoms with Gasteiger partial charge in [-0.05, 0) is 62.7 Å². The van der Waals surface area contributed by atoms with E-state index in [1.807, 2.05) is 6.07 Å². The van der Waals surface area contributed by atoms with Crippen LogP contribution >= 0.6 is 17.0 Å². The van der Waals surface area contributed by atoms with Crippen molar-refractivity contribution in [1.29, 1.82) is 0 Å².